The minimum Gasteiger partial charge on any atom is -0.436 e. The van der Waals surface area contributed by atoms with E-state index in [0.29, 0.717) is 0 Å². The summed E-state index contributed by atoms with van der Waals surface area (Å²) >= 11 is 0.0736. The third-order valence-corrected chi connectivity index (χ3v) is 7.77. The normalized spacial score (nSPS) is 10.0. The van der Waals surface area contributed by atoms with Crippen LogP contribution in [-0.4, -0.2) is 41.5 Å². The summed E-state index contributed by atoms with van der Waals surface area (Å²) in [6.45, 7) is 4.60. The number of ether oxygens (including phenoxy) is 1. The van der Waals surface area contributed by atoms with Crippen molar-refractivity contribution in [2.45, 2.75) is 99.8 Å². The molecule has 0 atom stereocenters. The Labute approximate surface area is 160 Å². The van der Waals surface area contributed by atoms with Gasteiger partial charge < -0.3 is 4.74 Å². The van der Waals surface area contributed by atoms with E-state index in [0.717, 1.165) is 0 Å². The van der Waals surface area contributed by atoms with Gasteiger partial charge in [0.1, 0.15) is 0 Å². The van der Waals surface area contributed by atoms with Crippen LogP contribution in [0.5, 0.6) is 0 Å². The van der Waals surface area contributed by atoms with Crippen LogP contribution in [0.25, 0.3) is 0 Å². The average Bonchev–Trinajstić information content (AvgIpc) is 2.60. The molecule has 0 amide bonds. The van der Waals surface area contributed by atoms with Crippen molar-refractivity contribution in [3.05, 3.63) is 0 Å². The Bertz CT molecular complexity index is 223. The van der Waals surface area contributed by atoms with Crippen LogP contribution in [0.1, 0.15) is 90.9 Å². The third-order valence-electron chi connectivity index (χ3n) is 3.73. The smallest absolute Gasteiger partial charge is 0.436 e. The van der Waals surface area contributed by atoms with E-state index in [4.69, 9.17) is 0 Å². The molecule has 0 N–H and O–H groups in total. The molecule has 0 unspecified atom stereocenters. The number of methoxy groups -OCH3 is 1. The first kappa shape index (κ1) is 26.3. The van der Waals surface area contributed by atoms with Crippen molar-refractivity contribution in [3.63, 3.8) is 0 Å². The van der Waals surface area contributed by atoms with Gasteiger partial charge in [-0.15, -0.1) is 0 Å². The summed E-state index contributed by atoms with van der Waals surface area (Å²) in [6, 6.07) is 0. The monoisotopic (exact) mass is 452 g/mol. The Morgan fingerprint density at radius 2 is 1.12 bits per heavy atom. The van der Waals surface area contributed by atoms with Gasteiger partial charge in [-0.2, -0.15) is 4.89 Å². The topological polar surface area (TPSA) is 44.8 Å². The second kappa shape index (κ2) is 25.3. The van der Waals surface area contributed by atoms with Crippen LogP contribution in [-0.2, 0) is 14.5 Å². The molecule has 0 rings (SSSR count). The van der Waals surface area contributed by atoms with Crippen molar-refractivity contribution >= 4 is 27.3 Å². The van der Waals surface area contributed by atoms with Gasteiger partial charge in [0.25, 0.3) is 0 Å². The molecular weight excluding hydrogens is 411 g/mol. The van der Waals surface area contributed by atoms with E-state index in [1.54, 1.807) is 21.7 Å². The van der Waals surface area contributed by atoms with Crippen LogP contribution < -0.4 is 0 Å². The molecule has 0 fully saturated rings. The van der Waals surface area contributed by atoms with Crippen molar-refractivity contribution < 1.29 is 19.3 Å². The largest absolute Gasteiger partial charge is 0.540 e. The first-order chi connectivity index (χ1) is 11.7. The molecule has 0 heterocycles. The fourth-order valence-electron chi connectivity index (χ4n) is 2.29. The van der Waals surface area contributed by atoms with Crippen LogP contribution in [0.3, 0.4) is 0 Å². The summed E-state index contributed by atoms with van der Waals surface area (Å²) in [5.41, 5.74) is 0. The van der Waals surface area contributed by atoms with E-state index in [1.807, 2.05) is 0 Å². The standard InChI is InChI=1S/2C8H17.C3H6O4.Sn/c2*1-3-5-7-8-6-4-2;1-5-3(4)7-6-2;/h2*1,3-8H2,2H3;1-2H3;. The molecule has 0 saturated heterocycles. The molecule has 2 radical (unpaired) electrons. The molecule has 24 heavy (non-hydrogen) atoms. The third kappa shape index (κ3) is 26.9. The minimum atomic E-state index is -0.845. The van der Waals surface area contributed by atoms with E-state index in [1.165, 1.54) is 78.4 Å². The van der Waals surface area contributed by atoms with Crippen LogP contribution in [0.2, 0.25) is 8.87 Å². The van der Waals surface area contributed by atoms with E-state index >= 15 is 0 Å². The number of hydrogen-bond acceptors (Lipinski definition) is 4. The first-order valence-electron chi connectivity index (χ1n) is 9.72. The summed E-state index contributed by atoms with van der Waals surface area (Å²) in [5.74, 6) is 0. The second-order valence-corrected chi connectivity index (χ2v) is 10.3. The average molecular weight is 451 g/mol. The predicted molar refractivity (Wildman–Crippen MR) is 103 cm³/mol. The second-order valence-electron chi connectivity index (χ2n) is 5.99. The van der Waals surface area contributed by atoms with Crippen molar-refractivity contribution in [1.29, 1.82) is 0 Å². The van der Waals surface area contributed by atoms with Crippen molar-refractivity contribution in [2.75, 3.05) is 14.2 Å². The molecule has 0 aromatic heterocycles. The number of carbonyl (C=O) groups excluding carboxylic acids is 1. The number of rotatable bonds is 15. The fraction of sp³-hybridized carbons (Fsp3) is 0.947. The van der Waals surface area contributed by atoms with E-state index < -0.39 is 6.16 Å². The summed E-state index contributed by atoms with van der Waals surface area (Å²) in [5, 5.41) is 0. The molecular formula is C19H40O4Sn. The first-order valence-corrected chi connectivity index (χ1v) is 13.8. The summed E-state index contributed by atoms with van der Waals surface area (Å²) in [6.07, 6.45) is 17.0. The minimum absolute atomic E-state index is 0.0736. The summed E-state index contributed by atoms with van der Waals surface area (Å²) in [7, 11) is 2.41. The molecule has 0 aliphatic rings. The number of unbranched alkanes of at least 4 members (excludes halogenated alkanes) is 10. The number of carbonyl (C=O) groups is 1. The fourth-order valence-corrected chi connectivity index (χ4v) is 5.86. The van der Waals surface area contributed by atoms with E-state index in [9.17, 15) is 4.79 Å². The van der Waals surface area contributed by atoms with Crippen molar-refractivity contribution in [1.82, 2.24) is 0 Å². The van der Waals surface area contributed by atoms with Crippen LogP contribution in [0.15, 0.2) is 0 Å². The van der Waals surface area contributed by atoms with Crippen LogP contribution in [0.4, 0.5) is 4.79 Å². The van der Waals surface area contributed by atoms with E-state index in [2.05, 4.69) is 28.4 Å². The zero-order chi connectivity index (χ0) is 18.3. The molecule has 144 valence electrons. The number of hydrogen-bond donors (Lipinski definition) is 0. The van der Waals surface area contributed by atoms with Gasteiger partial charge in [-0.3, -0.25) is 4.89 Å². The predicted octanol–water partition coefficient (Wildman–Crippen LogP) is 6.58. The van der Waals surface area contributed by atoms with Gasteiger partial charge >= 0.3 is 127 Å². The Hall–Kier alpha value is 0.0287. The summed E-state index contributed by atoms with van der Waals surface area (Å²) in [4.78, 5) is 17.6. The van der Waals surface area contributed by atoms with Gasteiger partial charge in [0.15, 0.2) is 0 Å². The van der Waals surface area contributed by atoms with Crippen LogP contribution in [0, 0.1) is 0 Å². The maximum absolute atomic E-state index is 9.84. The Morgan fingerprint density at radius 1 is 0.708 bits per heavy atom. The van der Waals surface area contributed by atoms with Crippen LogP contribution >= 0.6 is 0 Å². The van der Waals surface area contributed by atoms with Gasteiger partial charge in [0, 0.05) is 0 Å². The molecule has 0 saturated carbocycles. The molecule has 5 heteroatoms. The molecule has 0 bridgehead atoms. The molecule has 0 spiro atoms. The Morgan fingerprint density at radius 3 is 1.46 bits per heavy atom. The maximum Gasteiger partial charge on any atom is 0.540 e. The Kier molecular flexibility index (Phi) is 27.7. The molecule has 0 aromatic carbocycles. The molecule has 4 nitrogen and oxygen atoms in total. The van der Waals surface area contributed by atoms with Gasteiger partial charge in [0.2, 0.25) is 0 Å². The van der Waals surface area contributed by atoms with Crippen molar-refractivity contribution in [3.8, 4) is 0 Å². The molecule has 0 aromatic rings. The quantitative estimate of drug-likeness (QED) is 0.0928. The van der Waals surface area contributed by atoms with Crippen molar-refractivity contribution in [2.24, 2.45) is 0 Å². The van der Waals surface area contributed by atoms with Gasteiger partial charge in [-0.1, -0.05) is 0 Å². The van der Waals surface area contributed by atoms with Gasteiger partial charge in [0.05, 0.1) is 14.2 Å². The van der Waals surface area contributed by atoms with Gasteiger partial charge in [-0.25, -0.2) is 4.79 Å². The molecule has 0 aliphatic carbocycles. The SMILES string of the molecule is CCCCCCC[CH2][Sn][CH2]CCCCCCC.COOC(=O)OC. The summed E-state index contributed by atoms with van der Waals surface area (Å²) < 4.78 is 7.32. The maximum atomic E-state index is 9.84. The molecule has 0 aliphatic heterocycles. The zero-order valence-corrected chi connectivity index (χ0v) is 19.4. The zero-order valence-electron chi connectivity index (χ0n) is 16.5. The van der Waals surface area contributed by atoms with Gasteiger partial charge in [-0.05, 0) is 0 Å². The Balaban J connectivity index is 0. The van der Waals surface area contributed by atoms with E-state index in [-0.39, 0.29) is 21.1 Å².